The van der Waals surface area contributed by atoms with Crippen LogP contribution in [0.3, 0.4) is 0 Å². The summed E-state index contributed by atoms with van der Waals surface area (Å²) in [6.07, 6.45) is 9.90. The minimum atomic E-state index is -0.393. The minimum absolute atomic E-state index is 0.106. The van der Waals surface area contributed by atoms with E-state index in [1.165, 1.54) is 25.7 Å². The zero-order valence-corrected chi connectivity index (χ0v) is 38.6. The topological polar surface area (TPSA) is 95.0 Å². The normalized spacial score (nSPS) is 25.4. The first-order valence-electron chi connectivity index (χ1n) is 24.2. The van der Waals surface area contributed by atoms with Gasteiger partial charge in [-0.25, -0.2) is 0 Å². The van der Waals surface area contributed by atoms with E-state index < -0.39 is 12.2 Å². The Morgan fingerprint density at radius 2 is 1.05 bits per heavy atom. The van der Waals surface area contributed by atoms with Gasteiger partial charge in [-0.2, -0.15) is 9.97 Å². The molecule has 6 aliphatic heterocycles. The molecular formula is C56H60N6O4. The molecule has 3 aromatic heterocycles. The summed E-state index contributed by atoms with van der Waals surface area (Å²) in [5.41, 5.74) is 6.48. The van der Waals surface area contributed by atoms with E-state index in [9.17, 15) is 0 Å². The number of aromatic nitrogens is 4. The molecule has 6 fully saturated rings. The van der Waals surface area contributed by atoms with Gasteiger partial charge < -0.3 is 18.9 Å². The molecule has 9 heterocycles. The molecule has 7 aromatic rings. The summed E-state index contributed by atoms with van der Waals surface area (Å²) < 4.78 is 27.2. The molecule has 4 bridgehead atoms. The van der Waals surface area contributed by atoms with Crippen LogP contribution in [0.15, 0.2) is 122 Å². The Morgan fingerprint density at radius 1 is 0.576 bits per heavy atom. The Bertz CT molecular complexity index is 2680. The van der Waals surface area contributed by atoms with Gasteiger partial charge in [0.2, 0.25) is 11.8 Å². The third kappa shape index (κ3) is 7.91. The Morgan fingerprint density at radius 3 is 1.47 bits per heavy atom. The van der Waals surface area contributed by atoms with Crippen molar-refractivity contribution in [2.45, 2.75) is 76.7 Å². The van der Waals surface area contributed by atoms with Crippen molar-refractivity contribution in [2.75, 3.05) is 40.4 Å². The van der Waals surface area contributed by atoms with Crippen LogP contribution in [0.1, 0.15) is 75.7 Å². The molecule has 13 rings (SSSR count). The van der Waals surface area contributed by atoms with E-state index in [0.29, 0.717) is 41.3 Å². The molecule has 0 spiro atoms. The molecule has 0 radical (unpaired) electrons. The van der Waals surface area contributed by atoms with Crippen LogP contribution in [-0.4, -0.2) is 82.2 Å². The average Bonchev–Trinajstić information content (AvgIpc) is 3.39. The predicted octanol–water partition coefficient (Wildman–Crippen LogP) is 11.4. The van der Waals surface area contributed by atoms with E-state index in [-0.39, 0.29) is 12.1 Å². The summed E-state index contributed by atoms with van der Waals surface area (Å²) in [4.78, 5) is 26.0. The highest BCUT2D eigenvalue weighted by atomic mass is 16.5. The van der Waals surface area contributed by atoms with Crippen LogP contribution >= 0.6 is 0 Å². The molecule has 66 heavy (non-hydrogen) atoms. The van der Waals surface area contributed by atoms with Gasteiger partial charge in [-0.3, -0.25) is 19.8 Å². The van der Waals surface area contributed by atoms with Crippen LogP contribution in [-0.2, 0) is 0 Å². The van der Waals surface area contributed by atoms with Crippen molar-refractivity contribution in [3.8, 4) is 45.8 Å². The number of methoxy groups -OCH3 is 2. The molecule has 6 saturated heterocycles. The van der Waals surface area contributed by atoms with Crippen molar-refractivity contribution in [2.24, 2.45) is 23.7 Å². The number of rotatable bonds is 14. The van der Waals surface area contributed by atoms with Crippen LogP contribution < -0.4 is 18.9 Å². The number of pyridine rings is 2. The summed E-state index contributed by atoms with van der Waals surface area (Å²) in [6, 6.07) is 37.4. The number of hydrogen-bond acceptors (Lipinski definition) is 10. The molecule has 10 unspecified atom stereocenters. The van der Waals surface area contributed by atoms with Gasteiger partial charge in [-0.05, 0) is 117 Å². The summed E-state index contributed by atoms with van der Waals surface area (Å²) in [7, 11) is 3.44. The van der Waals surface area contributed by atoms with Crippen LogP contribution in [0.2, 0.25) is 0 Å². The van der Waals surface area contributed by atoms with Gasteiger partial charge in [0.15, 0.2) is 5.82 Å². The number of ether oxygens (including phenoxy) is 4. The van der Waals surface area contributed by atoms with Gasteiger partial charge in [0, 0.05) is 52.9 Å². The van der Waals surface area contributed by atoms with Crippen LogP contribution in [0, 0.1) is 23.7 Å². The van der Waals surface area contributed by atoms with E-state index in [1.807, 2.05) is 54.9 Å². The van der Waals surface area contributed by atoms with Crippen molar-refractivity contribution in [1.29, 1.82) is 0 Å². The fourth-order valence-corrected chi connectivity index (χ4v) is 12.1. The second-order valence-electron chi connectivity index (χ2n) is 18.9. The third-order valence-electron chi connectivity index (χ3n) is 15.6. The van der Waals surface area contributed by atoms with Gasteiger partial charge in [0.25, 0.3) is 0 Å². The van der Waals surface area contributed by atoms with Crippen molar-refractivity contribution < 1.29 is 18.9 Å². The highest BCUT2D eigenvalue weighted by molar-refractivity contribution is 5.85. The van der Waals surface area contributed by atoms with Gasteiger partial charge in [0.1, 0.15) is 29.3 Å². The third-order valence-corrected chi connectivity index (χ3v) is 15.6. The lowest BCUT2D eigenvalue weighted by atomic mass is 9.72. The lowest BCUT2D eigenvalue weighted by molar-refractivity contribution is -0.0510. The summed E-state index contributed by atoms with van der Waals surface area (Å²) in [6.45, 7) is 8.88. The molecular weight excluding hydrogens is 821 g/mol. The molecule has 10 heteroatoms. The maximum Gasteiger partial charge on any atom is 0.229 e. The first kappa shape index (κ1) is 42.5. The Hall–Kier alpha value is -6.10. The molecule has 0 amide bonds. The highest BCUT2D eigenvalue weighted by Gasteiger charge is 2.47. The fourth-order valence-electron chi connectivity index (χ4n) is 12.1. The van der Waals surface area contributed by atoms with Crippen molar-refractivity contribution in [3.05, 3.63) is 133 Å². The number of fused-ring (bicyclic) bond motifs is 8. The Labute approximate surface area is 388 Å². The van der Waals surface area contributed by atoms with Crippen molar-refractivity contribution in [1.82, 2.24) is 29.7 Å². The average molecular weight is 881 g/mol. The van der Waals surface area contributed by atoms with Gasteiger partial charge in [-0.15, -0.1) is 0 Å². The molecule has 10 atom stereocenters. The molecule has 0 N–H and O–H groups in total. The van der Waals surface area contributed by atoms with Crippen LogP contribution in [0.5, 0.6) is 23.3 Å². The van der Waals surface area contributed by atoms with Crippen molar-refractivity contribution in [3.63, 3.8) is 0 Å². The van der Waals surface area contributed by atoms with Crippen LogP contribution in [0.4, 0.5) is 0 Å². The minimum Gasteiger partial charge on any atom is -0.497 e. The maximum atomic E-state index is 7.76. The zero-order valence-electron chi connectivity index (χ0n) is 38.6. The molecule has 6 aliphatic rings. The van der Waals surface area contributed by atoms with Crippen molar-refractivity contribution >= 4 is 21.8 Å². The second kappa shape index (κ2) is 18.3. The summed E-state index contributed by atoms with van der Waals surface area (Å²) in [5.74, 6) is 5.70. The number of nitrogens with zero attached hydrogens (tertiary/aromatic N) is 6. The lowest BCUT2D eigenvalue weighted by Crippen LogP contribution is -2.56. The fraction of sp³-hybridized carbons (Fsp3) is 0.393. The van der Waals surface area contributed by atoms with Gasteiger partial charge >= 0.3 is 0 Å². The molecule has 10 nitrogen and oxygen atoms in total. The van der Waals surface area contributed by atoms with E-state index in [0.717, 1.165) is 100 Å². The van der Waals surface area contributed by atoms with Crippen LogP contribution in [0.25, 0.3) is 44.3 Å². The lowest BCUT2D eigenvalue weighted by Gasteiger charge is -2.52. The van der Waals surface area contributed by atoms with Gasteiger partial charge in [0.05, 0.1) is 37.3 Å². The molecule has 0 aliphatic carbocycles. The Balaban J connectivity index is 1.13. The first-order chi connectivity index (χ1) is 32.5. The largest absolute Gasteiger partial charge is 0.497 e. The standard InChI is InChI=1S/C56H60N6O4/c1-5-35-33-61-27-23-39(35)29-49(61)52(43-21-25-57-47-19-17-41(63-3)31-45(43)47)65-55-51(37-13-9-7-10-14-37)56(60-54(59-55)38-15-11-8-12-16-38)66-53(50-30-40-24-28-62(50)34-36(40)6-2)44-22-26-58-48-20-18-42(64-4)32-46(44)48/h7-22,25-26,31-32,35-36,39-40,49-50,52-53H,5-6,23-24,27-30,33-34H2,1-4H3. The van der Waals surface area contributed by atoms with E-state index in [4.69, 9.17) is 38.9 Å². The number of benzene rings is 4. The molecule has 338 valence electrons. The van der Waals surface area contributed by atoms with Gasteiger partial charge in [-0.1, -0.05) is 87.4 Å². The first-order valence-corrected chi connectivity index (χ1v) is 24.2. The summed E-state index contributed by atoms with van der Waals surface area (Å²) >= 11 is 0. The molecule has 0 saturated carbocycles. The zero-order chi connectivity index (χ0) is 44.7. The maximum absolute atomic E-state index is 7.76. The van der Waals surface area contributed by atoms with E-state index in [1.54, 1.807) is 14.2 Å². The smallest absolute Gasteiger partial charge is 0.229 e. The SMILES string of the molecule is CCC1CN2CCC1CC2C(Oc1nc(-c2ccccc2)nc(OC(c2ccnc3ccc(OC)cc23)C2CC3CCN2CC3CC)c1-c1ccccc1)c1ccnc2ccc(OC)cc12. The number of hydrogen-bond donors (Lipinski definition) is 0. The monoisotopic (exact) mass is 880 g/mol. The quantitative estimate of drug-likeness (QED) is 0.105. The number of piperidine rings is 6. The Kier molecular flexibility index (Phi) is 11.8. The summed E-state index contributed by atoms with van der Waals surface area (Å²) in [5, 5.41) is 2.02. The second-order valence-corrected chi connectivity index (χ2v) is 18.9. The highest BCUT2D eigenvalue weighted by Crippen LogP contribution is 2.50. The molecule has 4 aromatic carbocycles. The van der Waals surface area contributed by atoms with E-state index in [2.05, 4.69) is 90.4 Å². The van der Waals surface area contributed by atoms with E-state index >= 15 is 0 Å². The predicted molar refractivity (Wildman–Crippen MR) is 260 cm³/mol.